The number of thiophene rings is 1. The highest BCUT2D eigenvalue weighted by Crippen LogP contribution is 2.22. The topological polar surface area (TPSA) is 66.5 Å². The van der Waals surface area contributed by atoms with Crippen molar-refractivity contribution in [1.82, 2.24) is 10.2 Å². The van der Waals surface area contributed by atoms with Crippen molar-refractivity contribution in [3.05, 3.63) is 58.3 Å². The van der Waals surface area contributed by atoms with Crippen LogP contribution in [0.25, 0.3) is 0 Å². The van der Waals surface area contributed by atoms with Gasteiger partial charge >= 0.3 is 0 Å². The summed E-state index contributed by atoms with van der Waals surface area (Å²) in [5.41, 5.74) is 0.730. The molecule has 1 unspecified atom stereocenters. The van der Waals surface area contributed by atoms with Crippen LogP contribution in [0.4, 0.5) is 0 Å². The minimum absolute atomic E-state index is 0.0440. The summed E-state index contributed by atoms with van der Waals surface area (Å²) in [6.07, 6.45) is 1.32. The third-order valence-corrected chi connectivity index (χ3v) is 5.57. The number of piperidine rings is 1. The molecule has 0 radical (unpaired) electrons. The maximum Gasteiger partial charge on any atom is 0.261 e. The van der Waals surface area contributed by atoms with Crippen molar-refractivity contribution in [2.75, 3.05) is 13.1 Å². The first kappa shape index (κ1) is 18.3. The molecule has 1 aromatic carbocycles. The van der Waals surface area contributed by atoms with Gasteiger partial charge in [0, 0.05) is 24.6 Å². The van der Waals surface area contributed by atoms with Crippen LogP contribution in [0.2, 0.25) is 0 Å². The van der Waals surface area contributed by atoms with E-state index >= 15 is 0 Å². The normalized spacial score (nSPS) is 16.1. The van der Waals surface area contributed by atoms with Crippen molar-refractivity contribution in [3.63, 3.8) is 0 Å². The predicted molar refractivity (Wildman–Crippen MR) is 101 cm³/mol. The first-order valence-corrected chi connectivity index (χ1v) is 9.66. The zero-order chi connectivity index (χ0) is 18.5. The molecule has 1 aromatic heterocycles. The Morgan fingerprint density at radius 1 is 1.08 bits per heavy atom. The fourth-order valence-corrected chi connectivity index (χ4v) is 3.84. The lowest BCUT2D eigenvalue weighted by atomic mass is 9.88. The molecular weight excluding hydrogens is 348 g/mol. The smallest absolute Gasteiger partial charge is 0.261 e. The van der Waals surface area contributed by atoms with Crippen LogP contribution in [0.15, 0.2) is 47.8 Å². The summed E-state index contributed by atoms with van der Waals surface area (Å²) < 4.78 is 0. The Balaban J connectivity index is 1.51. The average Bonchev–Trinajstić information content (AvgIpc) is 3.22. The quantitative estimate of drug-likeness (QED) is 0.823. The molecule has 1 atom stereocenters. The summed E-state index contributed by atoms with van der Waals surface area (Å²) in [4.78, 5) is 39.5. The monoisotopic (exact) mass is 370 g/mol. The first-order valence-electron chi connectivity index (χ1n) is 8.78. The number of carbonyl (C=O) groups is 3. The molecule has 5 nitrogen and oxygen atoms in total. The molecule has 0 aliphatic carbocycles. The van der Waals surface area contributed by atoms with Crippen molar-refractivity contribution in [2.24, 2.45) is 5.92 Å². The maximum absolute atomic E-state index is 12.6. The van der Waals surface area contributed by atoms with Crippen LogP contribution in [0.5, 0.6) is 0 Å². The summed E-state index contributed by atoms with van der Waals surface area (Å²) in [5.74, 6) is -0.218. The van der Waals surface area contributed by atoms with Crippen LogP contribution >= 0.6 is 11.3 Å². The minimum atomic E-state index is -0.578. The molecule has 136 valence electrons. The van der Waals surface area contributed by atoms with E-state index in [0.29, 0.717) is 30.8 Å². The van der Waals surface area contributed by atoms with Gasteiger partial charge in [-0.15, -0.1) is 11.3 Å². The van der Waals surface area contributed by atoms with E-state index < -0.39 is 6.04 Å². The summed E-state index contributed by atoms with van der Waals surface area (Å²) in [5, 5.41) is 4.58. The van der Waals surface area contributed by atoms with Gasteiger partial charge in [0.05, 0.1) is 4.88 Å². The fourth-order valence-electron chi connectivity index (χ4n) is 3.21. The highest BCUT2D eigenvalue weighted by atomic mass is 32.1. The van der Waals surface area contributed by atoms with Crippen LogP contribution in [-0.2, 0) is 4.79 Å². The van der Waals surface area contributed by atoms with E-state index in [0.717, 1.165) is 5.56 Å². The summed E-state index contributed by atoms with van der Waals surface area (Å²) in [6.45, 7) is 2.79. The van der Waals surface area contributed by atoms with E-state index in [9.17, 15) is 14.4 Å². The SMILES string of the molecule is CC(NC(=O)c1cccs1)C(=O)N1CCC(C(=O)c2ccccc2)CC1. The second-order valence-electron chi connectivity index (χ2n) is 6.50. The van der Waals surface area contributed by atoms with Crippen LogP contribution in [0.1, 0.15) is 39.8 Å². The van der Waals surface area contributed by atoms with Gasteiger partial charge in [-0.05, 0) is 31.2 Å². The van der Waals surface area contributed by atoms with Crippen molar-refractivity contribution < 1.29 is 14.4 Å². The lowest BCUT2D eigenvalue weighted by Gasteiger charge is -2.33. The molecule has 2 amide bonds. The number of nitrogens with zero attached hydrogens (tertiary/aromatic N) is 1. The number of likely N-dealkylation sites (tertiary alicyclic amines) is 1. The standard InChI is InChI=1S/C20H22N2O3S/c1-14(21-19(24)17-8-5-13-26-17)20(25)22-11-9-16(10-12-22)18(23)15-6-3-2-4-7-15/h2-8,13-14,16H,9-12H2,1H3,(H,21,24). The van der Waals surface area contributed by atoms with E-state index in [-0.39, 0.29) is 23.5 Å². The second-order valence-corrected chi connectivity index (χ2v) is 7.45. The number of benzene rings is 1. The Hall–Kier alpha value is -2.47. The van der Waals surface area contributed by atoms with Gasteiger partial charge in [-0.3, -0.25) is 14.4 Å². The van der Waals surface area contributed by atoms with Crippen LogP contribution in [0, 0.1) is 5.92 Å². The minimum Gasteiger partial charge on any atom is -0.341 e. The van der Waals surface area contributed by atoms with E-state index in [1.165, 1.54) is 11.3 Å². The molecule has 1 aliphatic rings. The Labute approximate surface area is 157 Å². The molecule has 6 heteroatoms. The van der Waals surface area contributed by atoms with E-state index in [4.69, 9.17) is 0 Å². The van der Waals surface area contributed by atoms with Crippen molar-refractivity contribution >= 4 is 28.9 Å². The molecule has 2 aromatic rings. The van der Waals surface area contributed by atoms with E-state index in [1.54, 1.807) is 24.0 Å². The number of rotatable bonds is 5. The van der Waals surface area contributed by atoms with Gasteiger partial charge in [0.15, 0.2) is 5.78 Å². The zero-order valence-electron chi connectivity index (χ0n) is 14.7. The number of carbonyl (C=O) groups excluding carboxylic acids is 3. The highest BCUT2D eigenvalue weighted by molar-refractivity contribution is 7.12. The van der Waals surface area contributed by atoms with Crippen molar-refractivity contribution in [3.8, 4) is 0 Å². The molecule has 0 spiro atoms. The molecule has 1 saturated heterocycles. The fraction of sp³-hybridized carbons (Fsp3) is 0.350. The predicted octanol–water partition coefficient (Wildman–Crippen LogP) is 2.99. The van der Waals surface area contributed by atoms with Gasteiger partial charge in [-0.2, -0.15) is 0 Å². The van der Waals surface area contributed by atoms with Gasteiger partial charge in [0.1, 0.15) is 6.04 Å². The largest absolute Gasteiger partial charge is 0.341 e. The van der Waals surface area contributed by atoms with E-state index in [1.807, 2.05) is 35.7 Å². The molecule has 3 rings (SSSR count). The number of ketones is 1. The average molecular weight is 370 g/mol. The Morgan fingerprint density at radius 3 is 2.38 bits per heavy atom. The van der Waals surface area contributed by atoms with Gasteiger partial charge < -0.3 is 10.2 Å². The lowest BCUT2D eigenvalue weighted by Crippen LogP contribution is -2.49. The first-order chi connectivity index (χ1) is 12.6. The number of hydrogen-bond acceptors (Lipinski definition) is 4. The third kappa shape index (κ3) is 4.19. The molecule has 0 bridgehead atoms. The number of hydrogen-bond donors (Lipinski definition) is 1. The molecule has 1 fully saturated rings. The Kier molecular flexibility index (Phi) is 5.83. The number of amides is 2. The van der Waals surface area contributed by atoms with Crippen LogP contribution < -0.4 is 5.32 Å². The summed E-state index contributed by atoms with van der Waals surface area (Å²) >= 11 is 1.35. The summed E-state index contributed by atoms with van der Waals surface area (Å²) in [6, 6.07) is 12.3. The van der Waals surface area contributed by atoms with Gasteiger partial charge in [0.2, 0.25) is 5.91 Å². The second kappa shape index (κ2) is 8.27. The van der Waals surface area contributed by atoms with Crippen molar-refractivity contribution in [2.45, 2.75) is 25.8 Å². The third-order valence-electron chi connectivity index (χ3n) is 4.70. The lowest BCUT2D eigenvalue weighted by molar-refractivity contribution is -0.134. The van der Waals surface area contributed by atoms with Gasteiger partial charge in [-0.1, -0.05) is 36.4 Å². The number of nitrogens with one attached hydrogen (secondary N) is 1. The molecule has 1 N–H and O–H groups in total. The Morgan fingerprint density at radius 2 is 1.77 bits per heavy atom. The Bertz CT molecular complexity index is 766. The number of Topliss-reactive ketones (excluding diaryl/α,β-unsaturated/α-hetero) is 1. The summed E-state index contributed by atoms with van der Waals surface area (Å²) in [7, 11) is 0. The molecular formula is C20H22N2O3S. The zero-order valence-corrected chi connectivity index (χ0v) is 15.5. The highest BCUT2D eigenvalue weighted by Gasteiger charge is 2.30. The molecule has 26 heavy (non-hydrogen) atoms. The van der Waals surface area contributed by atoms with Crippen LogP contribution in [0.3, 0.4) is 0 Å². The van der Waals surface area contributed by atoms with Crippen molar-refractivity contribution in [1.29, 1.82) is 0 Å². The molecule has 2 heterocycles. The molecule has 0 saturated carbocycles. The van der Waals surface area contributed by atoms with Gasteiger partial charge in [0.25, 0.3) is 5.91 Å². The van der Waals surface area contributed by atoms with Crippen LogP contribution in [-0.4, -0.2) is 41.6 Å². The van der Waals surface area contributed by atoms with E-state index in [2.05, 4.69) is 5.32 Å². The molecule has 1 aliphatic heterocycles. The van der Waals surface area contributed by atoms with Gasteiger partial charge in [-0.25, -0.2) is 0 Å². The maximum atomic E-state index is 12.6.